The average molecular weight is 758 g/mol. The van der Waals surface area contributed by atoms with Crippen molar-refractivity contribution in [3.8, 4) is 28.8 Å². The topological polar surface area (TPSA) is 73.5 Å². The van der Waals surface area contributed by atoms with Crippen LogP contribution in [0.3, 0.4) is 0 Å². The molecule has 1 aliphatic carbocycles. The molecule has 0 aliphatic heterocycles. The minimum atomic E-state index is -4.63. The second-order valence-electron chi connectivity index (χ2n) is 12.3. The highest BCUT2D eigenvalue weighted by Gasteiger charge is 2.61. The zero-order valence-electron chi connectivity index (χ0n) is 27.8. The van der Waals surface area contributed by atoms with Crippen molar-refractivity contribution in [1.82, 2.24) is 4.57 Å². The first-order valence-electron chi connectivity index (χ1n) is 15.5. The molecule has 1 heterocycles. The van der Waals surface area contributed by atoms with Gasteiger partial charge in [-0.05, 0) is 95.6 Å². The second kappa shape index (κ2) is 16.1. The Morgan fingerprint density at radius 1 is 1.04 bits per heavy atom. The molecular weight excluding hydrogens is 721 g/mol. The number of allylic oxidation sites excluding steroid dienone is 2. The van der Waals surface area contributed by atoms with Crippen molar-refractivity contribution in [2.45, 2.75) is 54.1 Å². The maximum atomic E-state index is 13.4. The maximum absolute atomic E-state index is 13.4. The molecule has 6 nitrogen and oxygen atoms in total. The molecule has 0 radical (unpaired) electrons. The standard InChI is InChI=1S/C23H26O3.C15H11BrClF3N2O/c1-16(2)13-20-21(23(20,3)4)22(24)25-15-17-9-8-12-19(14-17)26-18-10-6-5-7-11-18;1-2-23-8-22-13(9-3-5-10(17)6-4-9)11(7-21)12(16)14(22)15(18,19)20/h5-14,20-21H,15H2,1-4H3;3-6H,2,8H2,1H3. The summed E-state index contributed by atoms with van der Waals surface area (Å²) in [5.41, 5.74) is 1.67. The van der Waals surface area contributed by atoms with Crippen LogP contribution in [0.5, 0.6) is 11.5 Å². The fourth-order valence-corrected chi connectivity index (χ4v) is 6.39. The molecule has 1 aliphatic rings. The molecule has 11 heteroatoms. The number of nitriles is 1. The molecule has 258 valence electrons. The van der Waals surface area contributed by atoms with Gasteiger partial charge in [0.1, 0.15) is 36.6 Å². The molecule has 2 unspecified atom stereocenters. The molecule has 0 amide bonds. The average Bonchev–Trinajstić information content (AvgIpc) is 3.44. The molecule has 0 spiro atoms. The summed E-state index contributed by atoms with van der Waals surface area (Å²) in [6, 6.07) is 25.3. The second-order valence-corrected chi connectivity index (χ2v) is 13.5. The quantitative estimate of drug-likeness (QED) is 0.119. The van der Waals surface area contributed by atoms with Crippen LogP contribution in [-0.4, -0.2) is 17.1 Å². The summed E-state index contributed by atoms with van der Waals surface area (Å²) in [5, 5.41) is 9.77. The lowest BCUT2D eigenvalue weighted by Crippen LogP contribution is -2.16. The number of carbonyl (C=O) groups excluding carboxylic acids is 1. The van der Waals surface area contributed by atoms with Gasteiger partial charge in [-0.1, -0.05) is 79.6 Å². The number of carbonyl (C=O) groups is 1. The van der Waals surface area contributed by atoms with Crippen molar-refractivity contribution < 1.29 is 32.2 Å². The normalized spacial score (nSPS) is 16.1. The largest absolute Gasteiger partial charge is 0.461 e. The Bertz CT molecular complexity index is 1830. The highest BCUT2D eigenvalue weighted by Crippen LogP contribution is 2.60. The number of esters is 1. The van der Waals surface area contributed by atoms with Crippen LogP contribution in [0.1, 0.15) is 51.4 Å². The van der Waals surface area contributed by atoms with Gasteiger partial charge in [-0.15, -0.1) is 0 Å². The van der Waals surface area contributed by atoms with Gasteiger partial charge in [-0.2, -0.15) is 18.4 Å². The molecular formula is C38H37BrClF3N2O4. The summed E-state index contributed by atoms with van der Waals surface area (Å²) in [5.74, 6) is 1.62. The van der Waals surface area contributed by atoms with E-state index in [1.807, 2.05) is 60.7 Å². The van der Waals surface area contributed by atoms with Gasteiger partial charge in [0.2, 0.25) is 0 Å². The molecule has 3 aromatic carbocycles. The Morgan fingerprint density at radius 3 is 2.29 bits per heavy atom. The van der Waals surface area contributed by atoms with E-state index < -0.39 is 11.9 Å². The number of halogens is 5. The number of aromatic nitrogens is 1. The van der Waals surface area contributed by atoms with E-state index in [-0.39, 0.29) is 58.9 Å². The number of rotatable bonds is 10. The maximum Gasteiger partial charge on any atom is 0.432 e. The number of hydrogen-bond acceptors (Lipinski definition) is 5. The van der Waals surface area contributed by atoms with E-state index in [1.54, 1.807) is 31.2 Å². The van der Waals surface area contributed by atoms with Gasteiger partial charge in [0.05, 0.1) is 21.6 Å². The van der Waals surface area contributed by atoms with Gasteiger partial charge < -0.3 is 18.8 Å². The van der Waals surface area contributed by atoms with Crippen LogP contribution in [0, 0.1) is 28.6 Å². The highest BCUT2D eigenvalue weighted by atomic mass is 79.9. The highest BCUT2D eigenvalue weighted by molar-refractivity contribution is 9.10. The molecule has 1 aromatic heterocycles. The number of para-hydroxylation sites is 1. The SMILES string of the molecule is CC(C)=CC1C(C(=O)OCc2cccc(Oc3ccccc3)c2)C1(C)C.CCOCn1c(-c2ccc(Cl)cc2)c(C#N)c(Br)c1C(F)(F)F. The zero-order chi connectivity index (χ0) is 35.9. The molecule has 1 fully saturated rings. The lowest BCUT2D eigenvalue weighted by atomic mass is 10.1. The first kappa shape index (κ1) is 37.8. The Hall–Kier alpha value is -4.04. The molecule has 49 heavy (non-hydrogen) atoms. The predicted octanol–water partition coefficient (Wildman–Crippen LogP) is 11.2. The fourth-order valence-electron chi connectivity index (χ4n) is 5.55. The van der Waals surface area contributed by atoms with Crippen molar-refractivity contribution in [2.75, 3.05) is 6.61 Å². The van der Waals surface area contributed by atoms with Crippen LogP contribution in [0.2, 0.25) is 5.02 Å². The molecule has 2 atom stereocenters. The van der Waals surface area contributed by atoms with Crippen LogP contribution >= 0.6 is 27.5 Å². The molecule has 5 rings (SSSR count). The molecule has 4 aromatic rings. The third-order valence-corrected chi connectivity index (χ3v) is 9.09. The van der Waals surface area contributed by atoms with E-state index in [4.69, 9.17) is 25.8 Å². The van der Waals surface area contributed by atoms with Crippen LogP contribution in [0.4, 0.5) is 13.2 Å². The summed E-state index contributed by atoms with van der Waals surface area (Å²) in [4.78, 5) is 12.5. The van der Waals surface area contributed by atoms with Crippen LogP contribution < -0.4 is 4.74 Å². The van der Waals surface area contributed by atoms with E-state index in [2.05, 4.69) is 49.7 Å². The summed E-state index contributed by atoms with van der Waals surface area (Å²) in [6.45, 7) is 10.2. The Balaban J connectivity index is 0.000000223. The van der Waals surface area contributed by atoms with E-state index in [1.165, 1.54) is 5.57 Å². The first-order valence-corrected chi connectivity index (χ1v) is 16.7. The van der Waals surface area contributed by atoms with Gasteiger partial charge >= 0.3 is 12.1 Å². The number of nitrogens with zero attached hydrogens (tertiary/aromatic N) is 2. The summed E-state index contributed by atoms with van der Waals surface area (Å²) in [7, 11) is 0. The lowest BCUT2D eigenvalue weighted by molar-refractivity contribution is -0.148. The van der Waals surface area contributed by atoms with E-state index in [9.17, 15) is 23.2 Å². The van der Waals surface area contributed by atoms with Crippen molar-refractivity contribution in [3.05, 3.63) is 117 Å². The van der Waals surface area contributed by atoms with Gasteiger partial charge in [-0.3, -0.25) is 4.79 Å². The molecule has 0 N–H and O–H groups in total. The monoisotopic (exact) mass is 756 g/mol. The zero-order valence-corrected chi connectivity index (χ0v) is 30.1. The van der Waals surface area contributed by atoms with Gasteiger partial charge in [0.15, 0.2) is 0 Å². The van der Waals surface area contributed by atoms with Crippen molar-refractivity contribution in [1.29, 1.82) is 5.26 Å². The first-order chi connectivity index (χ1) is 23.2. The minimum absolute atomic E-state index is 0.0212. The molecule has 0 saturated heterocycles. The molecule has 0 bridgehead atoms. The van der Waals surface area contributed by atoms with Crippen molar-refractivity contribution >= 4 is 33.5 Å². The van der Waals surface area contributed by atoms with Gasteiger partial charge in [0.25, 0.3) is 0 Å². The fraction of sp³-hybridized carbons (Fsp3) is 0.316. The van der Waals surface area contributed by atoms with E-state index in [0.29, 0.717) is 10.6 Å². The predicted molar refractivity (Wildman–Crippen MR) is 187 cm³/mol. The van der Waals surface area contributed by atoms with Crippen LogP contribution in [0.15, 0.2) is 95.0 Å². The molecule has 1 saturated carbocycles. The third-order valence-electron chi connectivity index (χ3n) is 8.06. The van der Waals surface area contributed by atoms with Crippen molar-refractivity contribution in [2.24, 2.45) is 17.3 Å². The Kier molecular flexibility index (Phi) is 12.4. The smallest absolute Gasteiger partial charge is 0.432 e. The third kappa shape index (κ3) is 9.35. The van der Waals surface area contributed by atoms with Crippen molar-refractivity contribution in [3.63, 3.8) is 0 Å². The summed E-state index contributed by atoms with van der Waals surface area (Å²) in [6.07, 6.45) is -2.45. The number of hydrogen-bond donors (Lipinski definition) is 0. The number of alkyl halides is 3. The minimum Gasteiger partial charge on any atom is -0.461 e. The van der Waals surface area contributed by atoms with E-state index in [0.717, 1.165) is 21.6 Å². The summed E-state index contributed by atoms with van der Waals surface area (Å²) < 4.78 is 57.5. The van der Waals surface area contributed by atoms with Crippen LogP contribution in [0.25, 0.3) is 11.3 Å². The van der Waals surface area contributed by atoms with E-state index >= 15 is 0 Å². The lowest BCUT2D eigenvalue weighted by Gasteiger charge is -2.15. The number of benzene rings is 3. The van der Waals surface area contributed by atoms with Gasteiger partial charge in [-0.25, -0.2) is 0 Å². The van der Waals surface area contributed by atoms with Crippen LogP contribution in [-0.2, 0) is 33.8 Å². The number of ether oxygens (including phenoxy) is 3. The summed E-state index contributed by atoms with van der Waals surface area (Å²) >= 11 is 8.73. The Labute approximate surface area is 298 Å². The van der Waals surface area contributed by atoms with Gasteiger partial charge in [0, 0.05) is 11.6 Å². The Morgan fingerprint density at radius 2 is 1.69 bits per heavy atom.